The van der Waals surface area contributed by atoms with Crippen molar-refractivity contribution < 1.29 is 28.6 Å². The molecule has 1 atom stereocenters. The summed E-state index contributed by atoms with van der Waals surface area (Å²) < 4.78 is 15.1. The van der Waals surface area contributed by atoms with Gasteiger partial charge in [0.2, 0.25) is 0 Å². The van der Waals surface area contributed by atoms with Crippen LogP contribution in [-0.2, 0) is 19.1 Å². The van der Waals surface area contributed by atoms with Gasteiger partial charge in [0.15, 0.2) is 6.61 Å². The first-order valence-corrected chi connectivity index (χ1v) is 8.68. The van der Waals surface area contributed by atoms with Gasteiger partial charge >= 0.3 is 11.9 Å². The van der Waals surface area contributed by atoms with E-state index < -0.39 is 18.0 Å². The van der Waals surface area contributed by atoms with E-state index in [-0.39, 0.29) is 19.1 Å². The van der Waals surface area contributed by atoms with Crippen molar-refractivity contribution in [3.63, 3.8) is 0 Å². The highest BCUT2D eigenvalue weighted by Crippen LogP contribution is 2.21. The fourth-order valence-corrected chi connectivity index (χ4v) is 2.39. The maximum absolute atomic E-state index is 12.3. The summed E-state index contributed by atoms with van der Waals surface area (Å²) in [6.45, 7) is 1.12. The molecule has 0 saturated carbocycles. The Morgan fingerprint density at radius 3 is 2.28 bits per heavy atom. The predicted molar refractivity (Wildman–Crippen MR) is 102 cm³/mol. The molecule has 0 heterocycles. The summed E-state index contributed by atoms with van der Waals surface area (Å²) in [7, 11) is 1.27. The number of hydrogen-bond donors (Lipinski definition) is 1. The van der Waals surface area contributed by atoms with Crippen molar-refractivity contribution in [3.05, 3.63) is 65.2 Å². The molecule has 0 spiro atoms. The molecule has 8 heteroatoms. The first kappa shape index (κ1) is 21.4. The minimum atomic E-state index is -0.704. The van der Waals surface area contributed by atoms with E-state index in [1.165, 1.54) is 14.0 Å². The second-order valence-corrected chi connectivity index (χ2v) is 5.93. The van der Waals surface area contributed by atoms with Crippen molar-refractivity contribution in [2.24, 2.45) is 0 Å². The molecule has 0 saturated heterocycles. The minimum Gasteiger partial charge on any atom is -0.482 e. The maximum Gasteiger partial charge on any atom is 0.343 e. The Morgan fingerprint density at radius 1 is 1.07 bits per heavy atom. The van der Waals surface area contributed by atoms with Crippen LogP contribution in [0.25, 0.3) is 0 Å². The van der Waals surface area contributed by atoms with Gasteiger partial charge in [-0.15, -0.1) is 0 Å². The van der Waals surface area contributed by atoms with Crippen molar-refractivity contribution in [2.75, 3.05) is 20.3 Å². The van der Waals surface area contributed by atoms with E-state index in [1.54, 1.807) is 48.5 Å². The fourth-order valence-electron chi connectivity index (χ4n) is 2.39. The van der Waals surface area contributed by atoms with Gasteiger partial charge in [0.25, 0.3) is 5.91 Å². The van der Waals surface area contributed by atoms with Gasteiger partial charge in [-0.2, -0.15) is 5.26 Å². The number of nitrogens with one attached hydrogen (secondary N) is 1. The minimum absolute atomic E-state index is 0.0563. The van der Waals surface area contributed by atoms with Crippen molar-refractivity contribution in [3.8, 4) is 11.8 Å². The monoisotopic (exact) mass is 396 g/mol. The van der Waals surface area contributed by atoms with Gasteiger partial charge in [-0.05, 0) is 42.0 Å². The molecule has 0 aliphatic rings. The molecule has 0 radical (unpaired) electrons. The van der Waals surface area contributed by atoms with Crippen LogP contribution in [0.2, 0.25) is 0 Å². The molecule has 150 valence electrons. The standard InChI is InChI=1S/C21H20N2O6/c1-14(24)29-19(12-23-21(26)17-5-3-15(11-22)4-6-17)16-7-9-18(10-8-16)28-13-20(25)27-2/h3-10,19H,12-13H2,1-2H3,(H,23,26). The molecule has 2 aromatic rings. The number of nitrogens with zero attached hydrogens (tertiary/aromatic N) is 1. The lowest BCUT2D eigenvalue weighted by Crippen LogP contribution is -2.30. The molecule has 1 amide bonds. The Balaban J connectivity index is 2.02. The van der Waals surface area contributed by atoms with Crippen molar-refractivity contribution >= 4 is 17.8 Å². The molecule has 0 aromatic heterocycles. The number of carbonyl (C=O) groups excluding carboxylic acids is 3. The number of amides is 1. The van der Waals surface area contributed by atoms with Crippen LogP contribution >= 0.6 is 0 Å². The molecule has 1 N–H and O–H groups in total. The highest BCUT2D eigenvalue weighted by Gasteiger charge is 2.17. The Hall–Kier alpha value is -3.86. The lowest BCUT2D eigenvalue weighted by molar-refractivity contribution is -0.146. The molecule has 0 bridgehead atoms. The van der Waals surface area contributed by atoms with Crippen LogP contribution in [0.15, 0.2) is 48.5 Å². The normalized spacial score (nSPS) is 10.9. The molecule has 0 aliphatic heterocycles. The number of rotatable bonds is 8. The molecule has 0 aliphatic carbocycles. The zero-order valence-corrected chi connectivity index (χ0v) is 16.0. The second kappa shape index (κ2) is 10.5. The number of ether oxygens (including phenoxy) is 3. The molecule has 1 unspecified atom stereocenters. The SMILES string of the molecule is COC(=O)COc1ccc(C(CNC(=O)c2ccc(C#N)cc2)OC(C)=O)cc1. The molecule has 0 fully saturated rings. The molecule has 2 aromatic carbocycles. The van der Waals surface area contributed by atoms with Gasteiger partial charge in [0.05, 0.1) is 25.3 Å². The number of methoxy groups -OCH3 is 1. The topological polar surface area (TPSA) is 115 Å². The van der Waals surface area contributed by atoms with Crippen LogP contribution in [0.4, 0.5) is 0 Å². The van der Waals surface area contributed by atoms with Crippen LogP contribution in [0.1, 0.15) is 34.5 Å². The van der Waals surface area contributed by atoms with Gasteiger partial charge in [-0.3, -0.25) is 9.59 Å². The van der Waals surface area contributed by atoms with E-state index >= 15 is 0 Å². The van der Waals surface area contributed by atoms with Crippen LogP contribution in [0.5, 0.6) is 5.75 Å². The molecule has 29 heavy (non-hydrogen) atoms. The highest BCUT2D eigenvalue weighted by atomic mass is 16.6. The Labute approximate surface area is 168 Å². The van der Waals surface area contributed by atoms with E-state index in [4.69, 9.17) is 14.7 Å². The van der Waals surface area contributed by atoms with E-state index in [9.17, 15) is 14.4 Å². The van der Waals surface area contributed by atoms with Gasteiger partial charge in [0.1, 0.15) is 11.9 Å². The summed E-state index contributed by atoms with van der Waals surface area (Å²) in [4.78, 5) is 34.9. The second-order valence-electron chi connectivity index (χ2n) is 5.93. The lowest BCUT2D eigenvalue weighted by Gasteiger charge is -2.18. The third-order valence-electron chi connectivity index (χ3n) is 3.87. The number of benzene rings is 2. The Bertz CT molecular complexity index is 900. The summed E-state index contributed by atoms with van der Waals surface area (Å²) >= 11 is 0. The van der Waals surface area contributed by atoms with E-state index in [0.29, 0.717) is 22.4 Å². The summed E-state index contributed by atoms with van der Waals surface area (Å²) in [6.07, 6.45) is -0.704. The van der Waals surface area contributed by atoms with Crippen LogP contribution in [0.3, 0.4) is 0 Å². The van der Waals surface area contributed by atoms with Crippen LogP contribution in [-0.4, -0.2) is 38.1 Å². The highest BCUT2D eigenvalue weighted by molar-refractivity contribution is 5.94. The lowest BCUT2D eigenvalue weighted by atomic mass is 10.1. The Kier molecular flexibility index (Phi) is 7.74. The summed E-state index contributed by atoms with van der Waals surface area (Å²) in [5, 5.41) is 11.5. The quantitative estimate of drug-likeness (QED) is 0.680. The van der Waals surface area contributed by atoms with Gasteiger partial charge < -0.3 is 19.5 Å². The zero-order chi connectivity index (χ0) is 21.2. The average Bonchev–Trinajstić information content (AvgIpc) is 2.74. The number of carbonyl (C=O) groups is 3. The molecular formula is C21H20N2O6. The number of nitriles is 1. The summed E-state index contributed by atoms with van der Waals surface area (Å²) in [6, 6.07) is 14.8. The zero-order valence-electron chi connectivity index (χ0n) is 16.0. The first-order chi connectivity index (χ1) is 13.9. The molecule has 2 rings (SSSR count). The smallest absolute Gasteiger partial charge is 0.343 e. The van der Waals surface area contributed by atoms with Crippen LogP contribution < -0.4 is 10.1 Å². The van der Waals surface area contributed by atoms with Crippen LogP contribution in [0, 0.1) is 11.3 Å². The van der Waals surface area contributed by atoms with Gasteiger partial charge in [0, 0.05) is 12.5 Å². The van der Waals surface area contributed by atoms with Gasteiger partial charge in [-0.25, -0.2) is 4.79 Å². The third kappa shape index (κ3) is 6.66. The molecule has 8 nitrogen and oxygen atoms in total. The van der Waals surface area contributed by atoms with Crippen molar-refractivity contribution in [1.29, 1.82) is 5.26 Å². The predicted octanol–water partition coefficient (Wildman–Crippen LogP) is 2.14. The van der Waals surface area contributed by atoms with Crippen molar-refractivity contribution in [1.82, 2.24) is 5.32 Å². The first-order valence-electron chi connectivity index (χ1n) is 8.68. The van der Waals surface area contributed by atoms with E-state index in [1.807, 2.05) is 6.07 Å². The number of hydrogen-bond acceptors (Lipinski definition) is 7. The van der Waals surface area contributed by atoms with E-state index in [0.717, 1.165) is 0 Å². The summed E-state index contributed by atoms with van der Waals surface area (Å²) in [5.41, 5.74) is 1.48. The Morgan fingerprint density at radius 2 is 1.72 bits per heavy atom. The van der Waals surface area contributed by atoms with E-state index in [2.05, 4.69) is 10.1 Å². The van der Waals surface area contributed by atoms with Gasteiger partial charge in [-0.1, -0.05) is 12.1 Å². The number of esters is 2. The van der Waals surface area contributed by atoms with Crippen molar-refractivity contribution in [2.45, 2.75) is 13.0 Å². The maximum atomic E-state index is 12.3. The molecular weight excluding hydrogens is 376 g/mol. The third-order valence-corrected chi connectivity index (χ3v) is 3.87. The summed E-state index contributed by atoms with van der Waals surface area (Å²) in [5.74, 6) is -0.905. The largest absolute Gasteiger partial charge is 0.482 e. The average molecular weight is 396 g/mol. The fraction of sp³-hybridized carbons (Fsp3) is 0.238.